The van der Waals surface area contributed by atoms with Gasteiger partial charge in [0.25, 0.3) is 5.91 Å². The van der Waals surface area contributed by atoms with E-state index in [1.165, 1.54) is 5.56 Å². The van der Waals surface area contributed by atoms with Gasteiger partial charge in [-0.15, -0.1) is 0 Å². The van der Waals surface area contributed by atoms with Gasteiger partial charge in [-0.25, -0.2) is 9.97 Å². The summed E-state index contributed by atoms with van der Waals surface area (Å²) in [5.41, 5.74) is 3.61. The number of carbonyl (C=O) groups is 2. The molecule has 0 radical (unpaired) electrons. The first-order chi connectivity index (χ1) is 15.6. The Balaban J connectivity index is 1.42. The van der Waals surface area contributed by atoms with Crippen LogP contribution in [0.5, 0.6) is 0 Å². The fourth-order valence-corrected chi connectivity index (χ4v) is 4.69. The van der Waals surface area contributed by atoms with E-state index in [4.69, 9.17) is 9.97 Å². The van der Waals surface area contributed by atoms with Crippen molar-refractivity contribution < 1.29 is 9.59 Å². The molecule has 1 saturated heterocycles. The second kappa shape index (κ2) is 8.54. The first-order valence-electron chi connectivity index (χ1n) is 11.2. The standard InChI is InChI=1S/C26H26N4O2/c1-18-21-17-23(31)30(16-14-19-9-4-2-5-10-19)25(21)28-24(27-18)22-13-8-15-29(22)26(32)20-11-6-3-7-12-20/h2-7,9-12,22H,8,13-17H2,1H3/t22-/m1/s1. The van der Waals surface area contributed by atoms with Crippen molar-refractivity contribution >= 4 is 17.6 Å². The van der Waals surface area contributed by atoms with Crippen molar-refractivity contribution in [1.29, 1.82) is 0 Å². The minimum atomic E-state index is -0.168. The first kappa shape index (κ1) is 20.4. The van der Waals surface area contributed by atoms with Gasteiger partial charge in [0.2, 0.25) is 5.91 Å². The van der Waals surface area contributed by atoms with Crippen LogP contribution in [0, 0.1) is 6.92 Å². The lowest BCUT2D eigenvalue weighted by Crippen LogP contribution is -2.32. The molecule has 5 rings (SSSR count). The van der Waals surface area contributed by atoms with Crippen molar-refractivity contribution in [2.24, 2.45) is 0 Å². The lowest BCUT2D eigenvalue weighted by Gasteiger charge is -2.25. The number of benzene rings is 2. The summed E-state index contributed by atoms with van der Waals surface area (Å²) in [5, 5.41) is 0. The molecule has 0 spiro atoms. The highest BCUT2D eigenvalue weighted by atomic mass is 16.2. The minimum Gasteiger partial charge on any atom is -0.328 e. The third-order valence-corrected chi connectivity index (χ3v) is 6.39. The smallest absolute Gasteiger partial charge is 0.254 e. The zero-order valence-electron chi connectivity index (χ0n) is 18.2. The molecule has 0 aliphatic carbocycles. The summed E-state index contributed by atoms with van der Waals surface area (Å²) in [6.07, 6.45) is 2.86. The number of hydrogen-bond donors (Lipinski definition) is 0. The highest BCUT2D eigenvalue weighted by Crippen LogP contribution is 2.35. The van der Waals surface area contributed by atoms with Crippen molar-refractivity contribution in [3.8, 4) is 0 Å². The quantitative estimate of drug-likeness (QED) is 0.621. The van der Waals surface area contributed by atoms with Crippen LogP contribution < -0.4 is 4.90 Å². The molecule has 0 unspecified atom stereocenters. The average Bonchev–Trinajstić information content (AvgIpc) is 3.43. The number of carbonyl (C=O) groups excluding carboxylic acids is 2. The Labute approximate surface area is 187 Å². The molecular weight excluding hydrogens is 400 g/mol. The monoisotopic (exact) mass is 426 g/mol. The van der Waals surface area contributed by atoms with Gasteiger partial charge in [0.05, 0.1) is 12.5 Å². The fourth-order valence-electron chi connectivity index (χ4n) is 4.69. The number of fused-ring (bicyclic) bond motifs is 1. The van der Waals surface area contributed by atoms with Crippen LogP contribution in [0.25, 0.3) is 0 Å². The van der Waals surface area contributed by atoms with E-state index in [9.17, 15) is 9.59 Å². The Morgan fingerprint density at radius 3 is 2.50 bits per heavy atom. The fraction of sp³-hybridized carbons (Fsp3) is 0.308. The minimum absolute atomic E-state index is 0.00635. The summed E-state index contributed by atoms with van der Waals surface area (Å²) in [4.78, 5) is 39.2. The van der Waals surface area contributed by atoms with E-state index in [0.717, 1.165) is 30.5 Å². The molecule has 6 heteroatoms. The molecule has 3 heterocycles. The predicted octanol–water partition coefficient (Wildman–Crippen LogP) is 3.89. The van der Waals surface area contributed by atoms with E-state index < -0.39 is 0 Å². The summed E-state index contributed by atoms with van der Waals surface area (Å²) in [7, 11) is 0. The van der Waals surface area contributed by atoms with E-state index in [1.807, 2.05) is 60.4 Å². The number of likely N-dealkylation sites (tertiary alicyclic amines) is 1. The number of rotatable bonds is 5. The summed E-state index contributed by atoms with van der Waals surface area (Å²) < 4.78 is 0. The molecule has 1 fully saturated rings. The maximum atomic E-state index is 13.1. The summed E-state index contributed by atoms with van der Waals surface area (Å²) in [5.74, 6) is 1.43. The lowest BCUT2D eigenvalue weighted by atomic mass is 10.1. The topological polar surface area (TPSA) is 66.4 Å². The Kier molecular flexibility index (Phi) is 5.43. The van der Waals surface area contributed by atoms with Gasteiger partial charge in [-0.1, -0.05) is 48.5 Å². The zero-order valence-corrected chi connectivity index (χ0v) is 18.2. The number of anilines is 1. The molecule has 1 aromatic heterocycles. The van der Waals surface area contributed by atoms with E-state index >= 15 is 0 Å². The number of aryl methyl sites for hydroxylation is 1. The SMILES string of the molecule is Cc1nc([C@H]2CCCN2C(=O)c2ccccc2)nc2c1CC(=O)N2CCc1ccccc1. The molecule has 2 amide bonds. The van der Waals surface area contributed by atoms with Gasteiger partial charge in [0, 0.05) is 29.9 Å². The predicted molar refractivity (Wildman–Crippen MR) is 122 cm³/mol. The van der Waals surface area contributed by atoms with Crippen molar-refractivity contribution in [3.63, 3.8) is 0 Å². The molecule has 2 aromatic carbocycles. The molecule has 2 aliphatic rings. The lowest BCUT2D eigenvalue weighted by molar-refractivity contribution is -0.117. The number of hydrogen-bond acceptors (Lipinski definition) is 4. The summed E-state index contributed by atoms with van der Waals surface area (Å²) in [6.45, 7) is 3.22. The molecular formula is C26H26N4O2. The van der Waals surface area contributed by atoms with Gasteiger partial charge >= 0.3 is 0 Å². The Morgan fingerprint density at radius 1 is 1.03 bits per heavy atom. The van der Waals surface area contributed by atoms with Crippen molar-refractivity contribution in [1.82, 2.24) is 14.9 Å². The molecule has 1 atom stereocenters. The van der Waals surface area contributed by atoms with E-state index in [-0.39, 0.29) is 17.9 Å². The van der Waals surface area contributed by atoms with Gasteiger partial charge in [-0.2, -0.15) is 0 Å². The van der Waals surface area contributed by atoms with Crippen LogP contribution in [0.3, 0.4) is 0 Å². The maximum Gasteiger partial charge on any atom is 0.254 e. The molecule has 2 aliphatic heterocycles. The second-order valence-electron chi connectivity index (χ2n) is 8.45. The molecule has 0 N–H and O–H groups in total. The Morgan fingerprint density at radius 2 is 1.75 bits per heavy atom. The third-order valence-electron chi connectivity index (χ3n) is 6.39. The van der Waals surface area contributed by atoms with Crippen molar-refractivity contribution in [2.75, 3.05) is 18.0 Å². The van der Waals surface area contributed by atoms with Crippen molar-refractivity contribution in [3.05, 3.63) is 88.9 Å². The molecule has 162 valence electrons. The molecule has 3 aromatic rings. The second-order valence-corrected chi connectivity index (χ2v) is 8.45. The van der Waals surface area contributed by atoms with Gasteiger partial charge in [0.1, 0.15) is 5.82 Å². The Hall–Kier alpha value is -3.54. The summed E-state index contributed by atoms with van der Waals surface area (Å²) in [6, 6.07) is 19.4. The van der Waals surface area contributed by atoms with E-state index in [0.29, 0.717) is 36.7 Å². The van der Waals surface area contributed by atoms with Crippen LogP contribution in [0.15, 0.2) is 60.7 Å². The third kappa shape index (κ3) is 3.77. The van der Waals surface area contributed by atoms with E-state index in [2.05, 4.69) is 12.1 Å². The highest BCUT2D eigenvalue weighted by Gasteiger charge is 2.36. The van der Waals surface area contributed by atoms with Gasteiger partial charge in [0.15, 0.2) is 5.82 Å². The highest BCUT2D eigenvalue weighted by molar-refractivity contribution is 6.00. The summed E-state index contributed by atoms with van der Waals surface area (Å²) >= 11 is 0. The van der Waals surface area contributed by atoms with Gasteiger partial charge in [-0.05, 0) is 43.9 Å². The largest absolute Gasteiger partial charge is 0.328 e. The van der Waals surface area contributed by atoms with Crippen LogP contribution in [0.2, 0.25) is 0 Å². The number of nitrogens with zero attached hydrogens (tertiary/aromatic N) is 4. The van der Waals surface area contributed by atoms with Crippen LogP contribution in [0.1, 0.15) is 51.9 Å². The van der Waals surface area contributed by atoms with Gasteiger partial charge in [-0.3, -0.25) is 14.5 Å². The Bertz CT molecular complexity index is 1150. The van der Waals surface area contributed by atoms with Crippen molar-refractivity contribution in [2.45, 2.75) is 38.6 Å². The van der Waals surface area contributed by atoms with Crippen LogP contribution in [-0.2, 0) is 17.6 Å². The van der Waals surface area contributed by atoms with Crippen LogP contribution >= 0.6 is 0 Å². The zero-order chi connectivity index (χ0) is 22.1. The molecule has 0 bridgehead atoms. The van der Waals surface area contributed by atoms with E-state index in [1.54, 1.807) is 4.90 Å². The normalized spacial score (nSPS) is 17.7. The maximum absolute atomic E-state index is 13.1. The number of aromatic nitrogens is 2. The van der Waals surface area contributed by atoms with Crippen LogP contribution in [0.4, 0.5) is 5.82 Å². The molecule has 32 heavy (non-hydrogen) atoms. The number of amides is 2. The molecule has 0 saturated carbocycles. The van der Waals surface area contributed by atoms with Crippen LogP contribution in [-0.4, -0.2) is 39.8 Å². The molecule has 6 nitrogen and oxygen atoms in total. The average molecular weight is 427 g/mol. The first-order valence-corrected chi connectivity index (χ1v) is 11.2. The van der Waals surface area contributed by atoms with Gasteiger partial charge < -0.3 is 4.90 Å².